The molecular formula is C25H34ClN3O4S2. The van der Waals surface area contributed by atoms with Crippen molar-refractivity contribution in [2.75, 3.05) is 43.9 Å². The molecule has 0 fully saturated rings. The molecule has 7 nitrogen and oxygen atoms in total. The third-order valence-corrected chi connectivity index (χ3v) is 7.81. The topological polar surface area (TPSA) is 79.8 Å². The van der Waals surface area contributed by atoms with E-state index in [0.29, 0.717) is 35.9 Å². The second-order valence-corrected chi connectivity index (χ2v) is 11.1. The molecule has 10 heteroatoms. The number of thiazole rings is 1. The van der Waals surface area contributed by atoms with Crippen molar-refractivity contribution < 1.29 is 17.9 Å². The molecule has 0 bridgehead atoms. The van der Waals surface area contributed by atoms with Crippen LogP contribution < -0.4 is 9.64 Å². The quantitative estimate of drug-likeness (QED) is 0.291. The summed E-state index contributed by atoms with van der Waals surface area (Å²) in [6, 6.07) is 12.1. The number of benzene rings is 2. The second kappa shape index (κ2) is 13.2. The van der Waals surface area contributed by atoms with Crippen LogP contribution in [0.15, 0.2) is 47.4 Å². The highest BCUT2D eigenvalue weighted by molar-refractivity contribution is 7.90. The number of rotatable bonds is 12. The van der Waals surface area contributed by atoms with E-state index in [-0.39, 0.29) is 23.2 Å². The molecule has 1 amide bonds. The fourth-order valence-electron chi connectivity index (χ4n) is 3.49. The summed E-state index contributed by atoms with van der Waals surface area (Å²) in [4.78, 5) is 22.4. The summed E-state index contributed by atoms with van der Waals surface area (Å²) < 4.78 is 30.4. The fourth-order valence-corrected chi connectivity index (χ4v) is 5.24. The summed E-state index contributed by atoms with van der Waals surface area (Å²) in [5.74, 6) is 0.600. The zero-order chi connectivity index (χ0) is 24.7. The van der Waals surface area contributed by atoms with Crippen molar-refractivity contribution in [3.8, 4) is 5.75 Å². The molecule has 0 aliphatic carbocycles. The second-order valence-electron chi connectivity index (χ2n) is 8.11. The molecule has 0 unspecified atom stereocenters. The predicted molar refractivity (Wildman–Crippen MR) is 146 cm³/mol. The van der Waals surface area contributed by atoms with E-state index in [4.69, 9.17) is 4.74 Å². The highest BCUT2D eigenvalue weighted by atomic mass is 35.5. The number of amides is 1. The summed E-state index contributed by atoms with van der Waals surface area (Å²) in [7, 11) is -3.33. The Morgan fingerprint density at radius 2 is 1.71 bits per heavy atom. The molecule has 2 aromatic carbocycles. The minimum Gasteiger partial charge on any atom is -0.494 e. The van der Waals surface area contributed by atoms with Gasteiger partial charge in [0.05, 0.1) is 21.7 Å². The number of hydrogen-bond donors (Lipinski definition) is 0. The van der Waals surface area contributed by atoms with E-state index < -0.39 is 9.84 Å². The lowest BCUT2D eigenvalue weighted by molar-refractivity contribution is 0.0983. The van der Waals surface area contributed by atoms with E-state index in [2.05, 4.69) is 30.7 Å². The van der Waals surface area contributed by atoms with Gasteiger partial charge < -0.3 is 9.64 Å². The number of unbranched alkanes of at least 4 members (excludes halogenated alkanes) is 1. The van der Waals surface area contributed by atoms with E-state index in [1.807, 2.05) is 12.1 Å². The number of likely N-dealkylation sites (N-methyl/N-ethyl adjacent to an activating group) is 1. The smallest absolute Gasteiger partial charge is 0.260 e. The van der Waals surface area contributed by atoms with Crippen LogP contribution in [-0.4, -0.2) is 63.3 Å². The number of carbonyl (C=O) groups excluding carboxylic acids is 1. The summed E-state index contributed by atoms with van der Waals surface area (Å²) in [5, 5.41) is 0.557. The van der Waals surface area contributed by atoms with Gasteiger partial charge in [-0.25, -0.2) is 13.4 Å². The molecule has 0 saturated heterocycles. The van der Waals surface area contributed by atoms with Crippen LogP contribution >= 0.6 is 23.7 Å². The van der Waals surface area contributed by atoms with Gasteiger partial charge in [0.2, 0.25) is 0 Å². The van der Waals surface area contributed by atoms with Crippen LogP contribution in [0.1, 0.15) is 44.0 Å². The Kier molecular flexibility index (Phi) is 11.0. The van der Waals surface area contributed by atoms with Crippen molar-refractivity contribution >= 4 is 54.8 Å². The van der Waals surface area contributed by atoms with Crippen molar-refractivity contribution in [2.45, 2.75) is 38.5 Å². The van der Waals surface area contributed by atoms with Crippen LogP contribution in [0.4, 0.5) is 5.13 Å². The molecule has 0 aliphatic heterocycles. The zero-order valence-electron chi connectivity index (χ0n) is 20.7. The average Bonchev–Trinajstić information content (AvgIpc) is 3.25. The van der Waals surface area contributed by atoms with Gasteiger partial charge in [-0.2, -0.15) is 0 Å². The Morgan fingerprint density at radius 3 is 2.31 bits per heavy atom. The Labute approximate surface area is 218 Å². The third kappa shape index (κ3) is 7.64. The lowest BCUT2D eigenvalue weighted by Gasteiger charge is -2.24. The maximum atomic E-state index is 13.5. The number of hydrogen-bond acceptors (Lipinski definition) is 7. The molecule has 0 N–H and O–H groups in total. The molecule has 1 aromatic heterocycles. The molecule has 0 saturated carbocycles. The number of carbonyl (C=O) groups is 1. The summed E-state index contributed by atoms with van der Waals surface area (Å²) in [6.07, 6.45) is 3.23. The normalized spacial score (nSPS) is 11.5. The first-order chi connectivity index (χ1) is 16.3. The molecule has 0 aliphatic rings. The first kappa shape index (κ1) is 29.0. The Morgan fingerprint density at radius 1 is 1.03 bits per heavy atom. The number of sulfone groups is 1. The molecule has 0 radical (unpaired) electrons. The molecular weight excluding hydrogens is 506 g/mol. The Bertz CT molecular complexity index is 1210. The maximum absolute atomic E-state index is 13.5. The number of ether oxygens (including phenoxy) is 1. The largest absolute Gasteiger partial charge is 0.494 e. The van der Waals surface area contributed by atoms with Gasteiger partial charge in [-0.05, 0) is 62.0 Å². The van der Waals surface area contributed by atoms with E-state index in [1.54, 1.807) is 35.2 Å². The number of anilines is 1. The molecule has 3 aromatic rings. The van der Waals surface area contributed by atoms with Crippen LogP contribution in [-0.2, 0) is 9.84 Å². The maximum Gasteiger partial charge on any atom is 0.260 e. The Balaban J connectivity index is 0.00000432. The lowest BCUT2D eigenvalue weighted by Crippen LogP contribution is -2.38. The first-order valence-corrected chi connectivity index (χ1v) is 14.3. The van der Waals surface area contributed by atoms with Gasteiger partial charge in [0.1, 0.15) is 5.75 Å². The number of nitrogens with zero attached hydrogens (tertiary/aromatic N) is 3. The van der Waals surface area contributed by atoms with Crippen molar-refractivity contribution in [1.29, 1.82) is 0 Å². The summed E-state index contributed by atoms with van der Waals surface area (Å²) in [5.41, 5.74) is 1.23. The zero-order valence-corrected chi connectivity index (χ0v) is 23.1. The van der Waals surface area contributed by atoms with Crippen LogP contribution in [0.5, 0.6) is 5.75 Å². The van der Waals surface area contributed by atoms with Crippen molar-refractivity contribution in [2.24, 2.45) is 0 Å². The van der Waals surface area contributed by atoms with Gasteiger partial charge in [0.15, 0.2) is 15.0 Å². The van der Waals surface area contributed by atoms with Crippen molar-refractivity contribution in [3.63, 3.8) is 0 Å². The minimum absolute atomic E-state index is 0. The van der Waals surface area contributed by atoms with Gasteiger partial charge in [0.25, 0.3) is 5.91 Å². The monoisotopic (exact) mass is 539 g/mol. The SMILES string of the molecule is CCCCOc1ccc(C(=O)N(CCN(CC)CC)c2nc3ccc(S(C)(=O)=O)cc3s2)cc1.Cl. The summed E-state index contributed by atoms with van der Waals surface area (Å²) >= 11 is 1.33. The lowest BCUT2D eigenvalue weighted by atomic mass is 10.2. The summed E-state index contributed by atoms with van der Waals surface area (Å²) in [6.45, 7) is 9.92. The van der Waals surface area contributed by atoms with E-state index in [9.17, 15) is 13.2 Å². The van der Waals surface area contributed by atoms with Crippen molar-refractivity contribution in [1.82, 2.24) is 9.88 Å². The highest BCUT2D eigenvalue weighted by Crippen LogP contribution is 2.31. The number of aromatic nitrogens is 1. The van der Waals surface area contributed by atoms with E-state index in [1.165, 1.54) is 17.6 Å². The standard InChI is InChI=1S/C25H33N3O4S2.ClH/c1-5-8-17-32-20-11-9-19(10-12-20)24(29)28(16-15-27(6-2)7-3)25-26-22-14-13-21(34(4,30)31)18-23(22)33-25;/h9-14,18H,5-8,15-17H2,1-4H3;1H. The van der Waals surface area contributed by atoms with Gasteiger partial charge in [-0.15, -0.1) is 12.4 Å². The van der Waals surface area contributed by atoms with Crippen LogP contribution in [0.3, 0.4) is 0 Å². The molecule has 3 rings (SSSR count). The molecule has 0 spiro atoms. The van der Waals surface area contributed by atoms with E-state index in [0.717, 1.165) is 36.4 Å². The third-order valence-electron chi connectivity index (χ3n) is 5.65. The van der Waals surface area contributed by atoms with Crippen LogP contribution in [0, 0.1) is 0 Å². The highest BCUT2D eigenvalue weighted by Gasteiger charge is 2.22. The van der Waals surface area contributed by atoms with Gasteiger partial charge >= 0.3 is 0 Å². The van der Waals surface area contributed by atoms with Gasteiger partial charge in [0, 0.05) is 24.9 Å². The number of halogens is 1. The van der Waals surface area contributed by atoms with Crippen LogP contribution in [0.2, 0.25) is 0 Å². The molecule has 192 valence electrons. The predicted octanol–water partition coefficient (Wildman–Crippen LogP) is 5.29. The van der Waals surface area contributed by atoms with Gasteiger partial charge in [-0.3, -0.25) is 9.69 Å². The van der Waals surface area contributed by atoms with Crippen LogP contribution in [0.25, 0.3) is 10.2 Å². The Hall–Kier alpha value is -2.20. The molecule has 1 heterocycles. The average molecular weight is 540 g/mol. The van der Waals surface area contributed by atoms with Crippen molar-refractivity contribution in [3.05, 3.63) is 48.0 Å². The first-order valence-electron chi connectivity index (χ1n) is 11.6. The van der Waals surface area contributed by atoms with Gasteiger partial charge in [-0.1, -0.05) is 38.5 Å². The fraction of sp³-hybridized carbons (Fsp3) is 0.440. The van der Waals surface area contributed by atoms with E-state index >= 15 is 0 Å². The molecule has 35 heavy (non-hydrogen) atoms. The number of fused-ring (bicyclic) bond motifs is 1. The minimum atomic E-state index is -3.33. The molecule has 0 atom stereocenters.